The Kier molecular flexibility index (Phi) is 4.87. The second-order valence-corrected chi connectivity index (χ2v) is 10.7. The van der Waals surface area contributed by atoms with Gasteiger partial charge in [0.25, 0.3) is 0 Å². The zero-order chi connectivity index (χ0) is 19.6. The number of aliphatic hydroxyl groups excluding tert-OH is 1. The lowest BCUT2D eigenvalue weighted by Gasteiger charge is -2.63. The molecule has 0 aromatic carbocycles. The molecule has 0 bridgehead atoms. The van der Waals surface area contributed by atoms with Gasteiger partial charge in [-0.1, -0.05) is 13.8 Å². The number of aliphatic hydroxyl groups is 1. The average Bonchev–Trinajstić information content (AvgIpc) is 3.26. The number of ether oxygens (including phenoxy) is 4. The Morgan fingerprint density at radius 2 is 1.82 bits per heavy atom. The molecule has 0 amide bonds. The minimum atomic E-state index is -0.437. The summed E-state index contributed by atoms with van der Waals surface area (Å²) in [5.74, 6) is 1.83. The Hall–Kier alpha value is -0.200. The highest BCUT2D eigenvalue weighted by atomic mass is 16.7. The van der Waals surface area contributed by atoms with Crippen molar-refractivity contribution in [2.75, 3.05) is 27.1 Å². The second-order valence-electron chi connectivity index (χ2n) is 10.7. The van der Waals surface area contributed by atoms with Crippen molar-refractivity contribution in [3.63, 3.8) is 0 Å². The topological polar surface area (TPSA) is 57.2 Å². The van der Waals surface area contributed by atoms with E-state index >= 15 is 0 Å². The highest BCUT2D eigenvalue weighted by Crippen LogP contribution is 2.69. The molecule has 4 aliphatic carbocycles. The molecule has 5 aliphatic rings. The van der Waals surface area contributed by atoms with Gasteiger partial charge in [-0.3, -0.25) is 0 Å². The van der Waals surface area contributed by atoms with E-state index in [9.17, 15) is 5.11 Å². The summed E-state index contributed by atoms with van der Waals surface area (Å²) >= 11 is 0. The predicted octanol–water partition coefficient (Wildman–Crippen LogP) is 3.73. The second kappa shape index (κ2) is 6.91. The molecule has 5 nitrogen and oxygen atoms in total. The minimum Gasteiger partial charge on any atom is -0.393 e. The Labute approximate surface area is 169 Å². The normalized spacial score (nSPS) is 52.3. The Bertz CT molecular complexity index is 590. The van der Waals surface area contributed by atoms with Gasteiger partial charge in [0.15, 0.2) is 5.79 Å². The van der Waals surface area contributed by atoms with Crippen LogP contribution in [0.5, 0.6) is 0 Å². The summed E-state index contributed by atoms with van der Waals surface area (Å²) in [6.07, 6.45) is 8.93. The van der Waals surface area contributed by atoms with E-state index in [0.717, 1.165) is 32.1 Å². The van der Waals surface area contributed by atoms with Gasteiger partial charge in [0.05, 0.1) is 25.4 Å². The maximum atomic E-state index is 11.5. The fraction of sp³-hybridized carbons (Fsp3) is 1.00. The molecule has 1 heterocycles. The number of fused-ring (bicyclic) bond motifs is 6. The van der Waals surface area contributed by atoms with Crippen LogP contribution in [0.25, 0.3) is 0 Å². The lowest BCUT2D eigenvalue weighted by atomic mass is 9.44. The highest BCUT2D eigenvalue weighted by Gasteiger charge is 2.69. The number of hydrogen-bond donors (Lipinski definition) is 1. The summed E-state index contributed by atoms with van der Waals surface area (Å²) < 4.78 is 23.5. The summed E-state index contributed by atoms with van der Waals surface area (Å²) in [6.45, 7) is 6.62. The molecule has 0 aromatic rings. The van der Waals surface area contributed by atoms with Crippen LogP contribution in [0.2, 0.25) is 0 Å². The fourth-order valence-corrected chi connectivity index (χ4v) is 8.54. The first kappa shape index (κ1) is 19.7. The van der Waals surface area contributed by atoms with E-state index in [0.29, 0.717) is 49.8 Å². The largest absolute Gasteiger partial charge is 0.393 e. The first-order valence-corrected chi connectivity index (χ1v) is 11.5. The third-order valence-electron chi connectivity index (χ3n) is 9.77. The van der Waals surface area contributed by atoms with Gasteiger partial charge < -0.3 is 24.1 Å². The zero-order valence-corrected chi connectivity index (χ0v) is 17.8. The molecule has 8 atom stereocenters. The molecule has 4 saturated carbocycles. The first-order valence-electron chi connectivity index (χ1n) is 11.5. The van der Waals surface area contributed by atoms with Gasteiger partial charge in [-0.2, -0.15) is 0 Å². The van der Waals surface area contributed by atoms with Crippen molar-refractivity contribution >= 4 is 0 Å². The van der Waals surface area contributed by atoms with E-state index in [1.54, 1.807) is 7.11 Å². The molecular formula is C23H38O5. The summed E-state index contributed by atoms with van der Waals surface area (Å²) in [5, 5.41) is 11.5. The van der Waals surface area contributed by atoms with Gasteiger partial charge in [0, 0.05) is 18.9 Å². The van der Waals surface area contributed by atoms with Crippen molar-refractivity contribution in [2.24, 2.45) is 34.5 Å². The molecule has 5 fully saturated rings. The van der Waals surface area contributed by atoms with Gasteiger partial charge in [0.2, 0.25) is 0 Å². The Balaban J connectivity index is 1.39. The molecule has 0 radical (unpaired) electrons. The van der Waals surface area contributed by atoms with Crippen molar-refractivity contribution in [3.8, 4) is 0 Å². The third-order valence-corrected chi connectivity index (χ3v) is 9.77. The van der Waals surface area contributed by atoms with Crippen LogP contribution in [0, 0.1) is 34.5 Å². The highest BCUT2D eigenvalue weighted by molar-refractivity contribution is 5.15. The van der Waals surface area contributed by atoms with Crippen LogP contribution in [0.4, 0.5) is 0 Å². The Morgan fingerprint density at radius 3 is 2.57 bits per heavy atom. The SMILES string of the molecule is COCO[C@@H]1CC[C@@]2(C)[C@@H](CC[C@@H]3[C@@H]2[C@@H](O)C[C@@]2(C)[C@H]3CCC23OCCO3)C1. The molecule has 1 N–H and O–H groups in total. The van der Waals surface area contributed by atoms with Crippen molar-refractivity contribution in [3.05, 3.63) is 0 Å². The maximum Gasteiger partial charge on any atom is 0.174 e. The van der Waals surface area contributed by atoms with E-state index in [2.05, 4.69) is 13.8 Å². The summed E-state index contributed by atoms with van der Waals surface area (Å²) in [6, 6.07) is 0. The van der Waals surface area contributed by atoms with E-state index in [1.807, 2.05) is 0 Å². The standard InChI is InChI=1S/C23H38O5/c1-21-8-6-16(26-14-25-3)12-15(21)4-5-17-18-7-9-23(27-10-11-28-23)22(18,2)13-19(24)20(17)21/h15-20,24H,4-14H2,1-3H3/t15-,16+,17-,18-,19-,20+,21-,22-/m0/s1. The monoisotopic (exact) mass is 394 g/mol. The average molecular weight is 395 g/mol. The lowest BCUT2D eigenvalue weighted by molar-refractivity contribution is -0.265. The van der Waals surface area contributed by atoms with Crippen molar-refractivity contribution < 1.29 is 24.1 Å². The molecule has 28 heavy (non-hydrogen) atoms. The van der Waals surface area contributed by atoms with Gasteiger partial charge in [-0.25, -0.2) is 0 Å². The molecule has 5 rings (SSSR count). The van der Waals surface area contributed by atoms with Crippen LogP contribution in [-0.4, -0.2) is 50.2 Å². The molecule has 1 aliphatic heterocycles. The molecule has 1 saturated heterocycles. The van der Waals surface area contributed by atoms with Crippen molar-refractivity contribution in [1.29, 1.82) is 0 Å². The smallest absolute Gasteiger partial charge is 0.174 e. The van der Waals surface area contributed by atoms with Gasteiger partial charge in [-0.05, 0) is 74.0 Å². The van der Waals surface area contributed by atoms with Crippen molar-refractivity contribution in [1.82, 2.24) is 0 Å². The fourth-order valence-electron chi connectivity index (χ4n) is 8.54. The number of methoxy groups -OCH3 is 1. The van der Waals surface area contributed by atoms with Gasteiger partial charge in [-0.15, -0.1) is 0 Å². The van der Waals surface area contributed by atoms with Crippen LogP contribution in [0.3, 0.4) is 0 Å². The zero-order valence-electron chi connectivity index (χ0n) is 17.8. The minimum absolute atomic E-state index is 0.0495. The summed E-state index contributed by atoms with van der Waals surface area (Å²) in [5.41, 5.74) is 0.176. The van der Waals surface area contributed by atoms with Crippen LogP contribution < -0.4 is 0 Å². The van der Waals surface area contributed by atoms with Crippen LogP contribution in [0.15, 0.2) is 0 Å². The van der Waals surface area contributed by atoms with Crippen LogP contribution in [-0.2, 0) is 18.9 Å². The van der Waals surface area contributed by atoms with Crippen LogP contribution >= 0.6 is 0 Å². The van der Waals surface area contributed by atoms with Gasteiger partial charge in [0.1, 0.15) is 6.79 Å². The maximum absolute atomic E-state index is 11.5. The molecular weight excluding hydrogens is 356 g/mol. The van der Waals surface area contributed by atoms with E-state index in [4.69, 9.17) is 18.9 Å². The first-order chi connectivity index (χ1) is 13.4. The third kappa shape index (κ3) is 2.62. The summed E-state index contributed by atoms with van der Waals surface area (Å²) in [7, 11) is 1.69. The molecule has 160 valence electrons. The molecule has 1 spiro atoms. The number of rotatable bonds is 3. The molecule has 0 aromatic heterocycles. The molecule has 5 heteroatoms. The van der Waals surface area contributed by atoms with E-state index in [1.165, 1.54) is 19.3 Å². The van der Waals surface area contributed by atoms with Crippen molar-refractivity contribution in [2.45, 2.75) is 83.2 Å². The van der Waals surface area contributed by atoms with E-state index in [-0.39, 0.29) is 16.9 Å². The van der Waals surface area contributed by atoms with E-state index < -0.39 is 5.79 Å². The lowest BCUT2D eigenvalue weighted by Crippen LogP contribution is -2.61. The van der Waals surface area contributed by atoms with Crippen LogP contribution in [0.1, 0.15) is 65.2 Å². The quantitative estimate of drug-likeness (QED) is 0.739. The number of hydrogen-bond acceptors (Lipinski definition) is 5. The van der Waals surface area contributed by atoms with Gasteiger partial charge >= 0.3 is 0 Å². The summed E-state index contributed by atoms with van der Waals surface area (Å²) in [4.78, 5) is 0. The molecule has 0 unspecified atom stereocenters. The predicted molar refractivity (Wildman–Crippen MR) is 105 cm³/mol. The Morgan fingerprint density at radius 1 is 1.04 bits per heavy atom.